The molecule has 0 N–H and O–H groups in total. The number of hydrogen-bond donors (Lipinski definition) is 0. The lowest BCUT2D eigenvalue weighted by Gasteiger charge is -2.16. The van der Waals surface area contributed by atoms with Crippen LogP contribution in [0.3, 0.4) is 0 Å². The third-order valence-electron chi connectivity index (χ3n) is 3.59. The first-order chi connectivity index (χ1) is 11.2. The first-order valence-electron chi connectivity index (χ1n) is 7.18. The van der Waals surface area contributed by atoms with E-state index in [2.05, 4.69) is 15.0 Å². The Kier molecular flexibility index (Phi) is 4.74. The number of pyridine rings is 1. The summed E-state index contributed by atoms with van der Waals surface area (Å²) in [6.07, 6.45) is 8.47. The van der Waals surface area contributed by atoms with Crippen LogP contribution in [0.15, 0.2) is 67.4 Å². The van der Waals surface area contributed by atoms with Crippen molar-refractivity contribution in [1.82, 2.24) is 15.0 Å². The highest BCUT2D eigenvalue weighted by Crippen LogP contribution is 2.28. The average molecular weight is 324 g/mol. The predicted molar refractivity (Wildman–Crippen MR) is 88.5 cm³/mol. The van der Waals surface area contributed by atoms with Gasteiger partial charge in [0, 0.05) is 53.9 Å². The number of carbonyl (C=O) groups is 1. The molecule has 0 aliphatic rings. The standard InChI is InChI=1S/C18H14ClN3O/c19-15-5-3-13(4-6-15)16(17-12-21-8-9-22-17)10-18(23)14-2-1-7-20-11-14/h1-9,11-12,16H,10H2. The average Bonchev–Trinajstić information content (AvgIpc) is 2.62. The zero-order valence-corrected chi connectivity index (χ0v) is 13.0. The summed E-state index contributed by atoms with van der Waals surface area (Å²) in [6.45, 7) is 0. The van der Waals surface area contributed by atoms with Crippen LogP contribution in [0, 0.1) is 0 Å². The number of ketones is 1. The molecule has 0 radical (unpaired) electrons. The second-order valence-electron chi connectivity index (χ2n) is 5.10. The second kappa shape index (κ2) is 7.11. The van der Waals surface area contributed by atoms with Crippen molar-refractivity contribution in [2.24, 2.45) is 0 Å². The molecule has 0 spiro atoms. The van der Waals surface area contributed by atoms with E-state index in [0.717, 1.165) is 11.3 Å². The van der Waals surface area contributed by atoms with Crippen LogP contribution >= 0.6 is 11.6 Å². The van der Waals surface area contributed by atoms with Gasteiger partial charge in [0.15, 0.2) is 5.78 Å². The van der Waals surface area contributed by atoms with Crippen molar-refractivity contribution in [3.63, 3.8) is 0 Å². The second-order valence-corrected chi connectivity index (χ2v) is 5.54. The molecule has 3 aromatic rings. The number of aromatic nitrogens is 3. The van der Waals surface area contributed by atoms with Gasteiger partial charge in [0.1, 0.15) is 0 Å². The van der Waals surface area contributed by atoms with E-state index < -0.39 is 0 Å². The molecule has 114 valence electrons. The number of benzene rings is 1. The van der Waals surface area contributed by atoms with Crippen LogP contribution in [0.5, 0.6) is 0 Å². The van der Waals surface area contributed by atoms with Crippen molar-refractivity contribution in [3.8, 4) is 0 Å². The highest BCUT2D eigenvalue weighted by atomic mass is 35.5. The van der Waals surface area contributed by atoms with Crippen LogP contribution in [-0.2, 0) is 0 Å². The van der Waals surface area contributed by atoms with Gasteiger partial charge in [0.05, 0.1) is 5.69 Å². The summed E-state index contributed by atoms with van der Waals surface area (Å²) in [4.78, 5) is 25.0. The van der Waals surface area contributed by atoms with E-state index in [0.29, 0.717) is 17.0 Å². The van der Waals surface area contributed by atoms with Gasteiger partial charge in [0.2, 0.25) is 0 Å². The Morgan fingerprint density at radius 1 is 1.00 bits per heavy atom. The number of carbonyl (C=O) groups excluding carboxylic acids is 1. The van der Waals surface area contributed by atoms with Crippen molar-refractivity contribution in [2.45, 2.75) is 12.3 Å². The fraction of sp³-hybridized carbons (Fsp3) is 0.111. The zero-order chi connectivity index (χ0) is 16.1. The van der Waals surface area contributed by atoms with Gasteiger partial charge < -0.3 is 0 Å². The monoisotopic (exact) mass is 323 g/mol. The molecule has 1 unspecified atom stereocenters. The fourth-order valence-electron chi connectivity index (χ4n) is 2.41. The minimum Gasteiger partial charge on any atom is -0.294 e. The Balaban J connectivity index is 1.93. The van der Waals surface area contributed by atoms with Gasteiger partial charge in [0.25, 0.3) is 0 Å². The maximum Gasteiger partial charge on any atom is 0.165 e. The Bertz CT molecular complexity index is 776. The molecule has 3 rings (SSSR count). The van der Waals surface area contributed by atoms with E-state index in [1.807, 2.05) is 24.3 Å². The molecule has 0 aliphatic carbocycles. The molecule has 2 heterocycles. The first-order valence-corrected chi connectivity index (χ1v) is 7.56. The smallest absolute Gasteiger partial charge is 0.165 e. The lowest BCUT2D eigenvalue weighted by Crippen LogP contribution is -2.11. The van der Waals surface area contributed by atoms with E-state index >= 15 is 0 Å². The van der Waals surface area contributed by atoms with Crippen molar-refractivity contribution >= 4 is 17.4 Å². The minimum absolute atomic E-state index is 0.0173. The summed E-state index contributed by atoms with van der Waals surface area (Å²) in [5, 5.41) is 0.658. The molecule has 23 heavy (non-hydrogen) atoms. The van der Waals surface area contributed by atoms with Gasteiger partial charge in [-0.1, -0.05) is 23.7 Å². The molecule has 0 saturated heterocycles. The molecule has 0 fully saturated rings. The molecule has 2 aromatic heterocycles. The SMILES string of the molecule is O=C(CC(c1ccc(Cl)cc1)c1cnccn1)c1cccnc1. The normalized spacial score (nSPS) is 11.9. The first kappa shape index (κ1) is 15.3. The number of nitrogens with zero attached hydrogens (tertiary/aromatic N) is 3. The summed E-state index contributed by atoms with van der Waals surface area (Å²) in [6, 6.07) is 11.0. The molecule has 1 atom stereocenters. The molecule has 0 amide bonds. The van der Waals surface area contributed by atoms with Crippen molar-refractivity contribution in [2.75, 3.05) is 0 Å². The van der Waals surface area contributed by atoms with Crippen LogP contribution in [0.25, 0.3) is 0 Å². The Morgan fingerprint density at radius 3 is 2.43 bits per heavy atom. The largest absolute Gasteiger partial charge is 0.294 e. The van der Waals surface area contributed by atoms with E-state index in [9.17, 15) is 4.79 Å². The Morgan fingerprint density at radius 2 is 1.78 bits per heavy atom. The molecule has 1 aromatic carbocycles. The summed E-state index contributed by atoms with van der Waals surface area (Å²) in [5.41, 5.74) is 2.33. The van der Waals surface area contributed by atoms with Crippen molar-refractivity contribution in [3.05, 3.63) is 89.2 Å². The minimum atomic E-state index is -0.173. The summed E-state index contributed by atoms with van der Waals surface area (Å²) >= 11 is 5.96. The van der Waals surface area contributed by atoms with Crippen LogP contribution in [0.2, 0.25) is 5.02 Å². The van der Waals surface area contributed by atoms with Crippen LogP contribution in [-0.4, -0.2) is 20.7 Å². The van der Waals surface area contributed by atoms with Gasteiger partial charge in [-0.05, 0) is 29.8 Å². The topological polar surface area (TPSA) is 55.7 Å². The third-order valence-corrected chi connectivity index (χ3v) is 3.84. The van der Waals surface area contributed by atoms with E-state index in [1.54, 1.807) is 43.1 Å². The van der Waals surface area contributed by atoms with Gasteiger partial charge >= 0.3 is 0 Å². The molecular formula is C18H14ClN3O. The van der Waals surface area contributed by atoms with Gasteiger partial charge in [-0.15, -0.1) is 0 Å². The molecular weight excluding hydrogens is 310 g/mol. The number of hydrogen-bond acceptors (Lipinski definition) is 4. The lowest BCUT2D eigenvalue weighted by molar-refractivity contribution is 0.0977. The van der Waals surface area contributed by atoms with E-state index in [1.165, 1.54) is 0 Å². The quantitative estimate of drug-likeness (QED) is 0.667. The Labute approximate surface area is 139 Å². The summed E-state index contributed by atoms with van der Waals surface area (Å²) in [7, 11) is 0. The van der Waals surface area contributed by atoms with Crippen LogP contribution in [0.4, 0.5) is 0 Å². The van der Waals surface area contributed by atoms with Crippen molar-refractivity contribution in [1.29, 1.82) is 0 Å². The maximum absolute atomic E-state index is 12.6. The molecule has 0 aliphatic heterocycles. The number of halogens is 1. The Hall–Kier alpha value is -2.59. The number of Topliss-reactive ketones (excluding diaryl/α,β-unsaturated/α-hetero) is 1. The van der Waals surface area contributed by atoms with Gasteiger partial charge in [-0.25, -0.2) is 0 Å². The third kappa shape index (κ3) is 3.79. The molecule has 0 saturated carbocycles. The van der Waals surface area contributed by atoms with Gasteiger partial charge in [-0.2, -0.15) is 0 Å². The fourth-order valence-corrected chi connectivity index (χ4v) is 2.54. The maximum atomic E-state index is 12.6. The zero-order valence-electron chi connectivity index (χ0n) is 12.3. The molecule has 0 bridgehead atoms. The van der Waals surface area contributed by atoms with Gasteiger partial charge in [-0.3, -0.25) is 19.7 Å². The summed E-state index contributed by atoms with van der Waals surface area (Å²) < 4.78 is 0. The lowest BCUT2D eigenvalue weighted by atomic mass is 9.89. The predicted octanol–water partition coefficient (Wildman–Crippen LogP) is 3.93. The molecule has 4 nitrogen and oxygen atoms in total. The van der Waals surface area contributed by atoms with E-state index in [4.69, 9.17) is 11.6 Å². The highest BCUT2D eigenvalue weighted by molar-refractivity contribution is 6.30. The van der Waals surface area contributed by atoms with E-state index in [-0.39, 0.29) is 11.7 Å². The van der Waals surface area contributed by atoms with Crippen molar-refractivity contribution < 1.29 is 4.79 Å². The molecule has 5 heteroatoms. The number of rotatable bonds is 5. The summed E-state index contributed by atoms with van der Waals surface area (Å²) in [5.74, 6) is -0.155. The van der Waals surface area contributed by atoms with Crippen LogP contribution < -0.4 is 0 Å². The highest BCUT2D eigenvalue weighted by Gasteiger charge is 2.20. The van der Waals surface area contributed by atoms with Crippen LogP contribution in [0.1, 0.15) is 34.0 Å².